The zero-order chi connectivity index (χ0) is 17.3. The summed E-state index contributed by atoms with van der Waals surface area (Å²) in [6, 6.07) is 13.7. The molecule has 0 aliphatic carbocycles. The van der Waals surface area contributed by atoms with E-state index in [1.54, 1.807) is 4.57 Å². The van der Waals surface area contributed by atoms with Crippen LogP contribution in [0, 0.1) is 18.3 Å². The topological polar surface area (TPSA) is 81.0 Å². The van der Waals surface area contributed by atoms with Crippen molar-refractivity contribution in [2.45, 2.75) is 32.7 Å². The van der Waals surface area contributed by atoms with Crippen molar-refractivity contribution in [1.29, 1.82) is 5.26 Å². The van der Waals surface area contributed by atoms with Crippen molar-refractivity contribution in [2.24, 2.45) is 5.73 Å². The standard InChI is InChI=1S/C19H19N3O2/c1-3-22-12(2)9-16-17(19(22)23)14(15(11-20)18(21)24-16)10-13-7-5-4-6-8-13/h4-9,14H,3,10,21H2,1-2H3. The van der Waals surface area contributed by atoms with E-state index in [0.717, 1.165) is 11.3 Å². The summed E-state index contributed by atoms with van der Waals surface area (Å²) in [5.41, 5.74) is 8.51. The third kappa shape index (κ3) is 2.56. The van der Waals surface area contributed by atoms with Crippen LogP contribution in [-0.2, 0) is 13.0 Å². The molecule has 3 rings (SSSR count). The van der Waals surface area contributed by atoms with Crippen molar-refractivity contribution in [3.63, 3.8) is 0 Å². The normalized spacial score (nSPS) is 16.3. The average molecular weight is 321 g/mol. The first kappa shape index (κ1) is 15.9. The second kappa shape index (κ2) is 6.25. The Balaban J connectivity index is 2.20. The number of rotatable bonds is 3. The molecule has 0 spiro atoms. The van der Waals surface area contributed by atoms with Crippen LogP contribution in [0.25, 0.3) is 0 Å². The van der Waals surface area contributed by atoms with Gasteiger partial charge in [0, 0.05) is 24.2 Å². The summed E-state index contributed by atoms with van der Waals surface area (Å²) in [5.74, 6) is 0.144. The number of hydrogen-bond donors (Lipinski definition) is 1. The van der Waals surface area contributed by atoms with E-state index in [1.807, 2.05) is 50.2 Å². The number of nitrogens with two attached hydrogens (primary N) is 1. The molecule has 1 unspecified atom stereocenters. The van der Waals surface area contributed by atoms with Crippen molar-refractivity contribution < 1.29 is 4.74 Å². The molecule has 1 atom stereocenters. The fraction of sp³-hybridized carbons (Fsp3) is 0.263. The van der Waals surface area contributed by atoms with Crippen LogP contribution in [0.1, 0.15) is 29.7 Å². The Morgan fingerprint density at radius 1 is 1.33 bits per heavy atom. The summed E-state index contributed by atoms with van der Waals surface area (Å²) in [6.45, 7) is 4.35. The third-order valence-electron chi connectivity index (χ3n) is 4.41. The van der Waals surface area contributed by atoms with Gasteiger partial charge in [0.25, 0.3) is 5.56 Å². The molecule has 24 heavy (non-hydrogen) atoms. The molecule has 0 fully saturated rings. The van der Waals surface area contributed by atoms with Crippen LogP contribution in [0.2, 0.25) is 0 Å². The maximum Gasteiger partial charge on any atom is 0.258 e. The predicted molar refractivity (Wildman–Crippen MR) is 91.5 cm³/mol. The first-order chi connectivity index (χ1) is 11.6. The van der Waals surface area contributed by atoms with E-state index >= 15 is 0 Å². The number of nitriles is 1. The first-order valence-corrected chi connectivity index (χ1v) is 7.92. The third-order valence-corrected chi connectivity index (χ3v) is 4.41. The molecule has 2 N–H and O–H groups in total. The lowest BCUT2D eigenvalue weighted by atomic mass is 9.85. The van der Waals surface area contributed by atoms with Gasteiger partial charge in [-0.25, -0.2) is 0 Å². The zero-order valence-corrected chi connectivity index (χ0v) is 13.7. The minimum absolute atomic E-state index is 0.0824. The van der Waals surface area contributed by atoms with Crippen LogP contribution in [0.3, 0.4) is 0 Å². The lowest BCUT2D eigenvalue weighted by molar-refractivity contribution is 0.382. The van der Waals surface area contributed by atoms with Gasteiger partial charge in [-0.1, -0.05) is 30.3 Å². The zero-order valence-electron chi connectivity index (χ0n) is 13.7. The second-order valence-corrected chi connectivity index (χ2v) is 5.85. The number of benzene rings is 1. The smallest absolute Gasteiger partial charge is 0.258 e. The molecule has 1 aromatic carbocycles. The van der Waals surface area contributed by atoms with Crippen LogP contribution < -0.4 is 16.0 Å². The Morgan fingerprint density at radius 2 is 2.04 bits per heavy atom. The minimum Gasteiger partial charge on any atom is -0.440 e. The molecule has 122 valence electrons. The summed E-state index contributed by atoms with van der Waals surface area (Å²) in [7, 11) is 0. The van der Waals surface area contributed by atoms with Gasteiger partial charge in [0.15, 0.2) is 0 Å². The first-order valence-electron chi connectivity index (χ1n) is 7.92. The summed E-state index contributed by atoms with van der Waals surface area (Å²) >= 11 is 0. The van der Waals surface area contributed by atoms with Crippen LogP contribution in [0.4, 0.5) is 0 Å². The van der Waals surface area contributed by atoms with Gasteiger partial charge >= 0.3 is 0 Å². The van der Waals surface area contributed by atoms with Crippen LogP contribution in [0.5, 0.6) is 5.75 Å². The lowest BCUT2D eigenvalue weighted by Gasteiger charge is -2.27. The van der Waals surface area contributed by atoms with E-state index in [-0.39, 0.29) is 11.4 Å². The van der Waals surface area contributed by atoms with Crippen molar-refractivity contribution >= 4 is 0 Å². The number of ether oxygens (including phenoxy) is 1. The Hall–Kier alpha value is -3.00. The molecule has 0 radical (unpaired) electrons. The molecular formula is C19H19N3O2. The number of hydrogen-bond acceptors (Lipinski definition) is 4. The van der Waals surface area contributed by atoms with Crippen molar-refractivity contribution in [3.8, 4) is 11.8 Å². The molecule has 5 heteroatoms. The monoisotopic (exact) mass is 321 g/mol. The van der Waals surface area contributed by atoms with E-state index in [0.29, 0.717) is 29.9 Å². The SMILES string of the molecule is CCn1c(C)cc2c(c1=O)C(Cc1ccccc1)C(C#N)=C(N)O2. The van der Waals surface area contributed by atoms with Gasteiger partial charge in [-0.2, -0.15) is 5.26 Å². The average Bonchev–Trinajstić information content (AvgIpc) is 2.55. The van der Waals surface area contributed by atoms with Gasteiger partial charge in [-0.15, -0.1) is 0 Å². The molecule has 0 saturated carbocycles. The fourth-order valence-corrected chi connectivity index (χ4v) is 3.23. The highest BCUT2D eigenvalue weighted by Crippen LogP contribution is 2.38. The highest BCUT2D eigenvalue weighted by atomic mass is 16.5. The lowest BCUT2D eigenvalue weighted by Crippen LogP contribution is -2.32. The fourth-order valence-electron chi connectivity index (χ4n) is 3.23. The van der Waals surface area contributed by atoms with Gasteiger partial charge in [-0.05, 0) is 25.8 Å². The van der Waals surface area contributed by atoms with Crippen LogP contribution in [0.15, 0.2) is 52.6 Å². The molecule has 1 aromatic heterocycles. The molecule has 0 saturated heterocycles. The van der Waals surface area contributed by atoms with E-state index in [9.17, 15) is 10.1 Å². The van der Waals surface area contributed by atoms with Gasteiger partial charge in [0.2, 0.25) is 5.88 Å². The summed E-state index contributed by atoms with van der Waals surface area (Å²) in [6.07, 6.45) is 0.531. The van der Waals surface area contributed by atoms with Gasteiger partial charge in [-0.3, -0.25) is 4.79 Å². The summed E-state index contributed by atoms with van der Waals surface area (Å²) in [4.78, 5) is 12.9. The number of aryl methyl sites for hydroxylation is 1. The van der Waals surface area contributed by atoms with Gasteiger partial charge < -0.3 is 15.0 Å². The Bertz CT molecular complexity index is 905. The highest BCUT2D eigenvalue weighted by molar-refractivity contribution is 5.50. The predicted octanol–water partition coefficient (Wildman–Crippen LogP) is 2.59. The molecular weight excluding hydrogens is 302 g/mol. The molecule has 0 bridgehead atoms. The van der Waals surface area contributed by atoms with Gasteiger partial charge in [0.1, 0.15) is 11.8 Å². The number of aromatic nitrogens is 1. The quantitative estimate of drug-likeness (QED) is 0.942. The van der Waals surface area contributed by atoms with Crippen LogP contribution >= 0.6 is 0 Å². The molecule has 1 aliphatic rings. The number of pyridine rings is 1. The Morgan fingerprint density at radius 3 is 2.67 bits per heavy atom. The minimum atomic E-state index is -0.396. The summed E-state index contributed by atoms with van der Waals surface area (Å²) < 4.78 is 7.28. The number of fused-ring (bicyclic) bond motifs is 1. The summed E-state index contributed by atoms with van der Waals surface area (Å²) in [5, 5.41) is 9.53. The largest absolute Gasteiger partial charge is 0.440 e. The van der Waals surface area contributed by atoms with Crippen LogP contribution in [-0.4, -0.2) is 4.57 Å². The molecule has 0 amide bonds. The van der Waals surface area contributed by atoms with E-state index < -0.39 is 5.92 Å². The highest BCUT2D eigenvalue weighted by Gasteiger charge is 2.33. The molecule has 2 heterocycles. The number of allylic oxidation sites excluding steroid dienone is 1. The second-order valence-electron chi connectivity index (χ2n) is 5.85. The maximum absolute atomic E-state index is 12.9. The Kier molecular flexibility index (Phi) is 4.13. The van der Waals surface area contributed by atoms with E-state index in [1.165, 1.54) is 0 Å². The van der Waals surface area contributed by atoms with E-state index in [2.05, 4.69) is 6.07 Å². The van der Waals surface area contributed by atoms with Crippen molar-refractivity contribution in [3.05, 3.63) is 75.0 Å². The molecule has 1 aliphatic heterocycles. The van der Waals surface area contributed by atoms with E-state index in [4.69, 9.17) is 10.5 Å². The molecule has 2 aromatic rings. The maximum atomic E-state index is 12.9. The Labute approximate surface area is 140 Å². The van der Waals surface area contributed by atoms with Crippen molar-refractivity contribution in [2.75, 3.05) is 0 Å². The number of nitrogens with zero attached hydrogens (tertiary/aromatic N) is 2. The van der Waals surface area contributed by atoms with Gasteiger partial charge in [0.05, 0.1) is 11.1 Å². The molecule has 5 nitrogen and oxygen atoms in total. The van der Waals surface area contributed by atoms with Crippen molar-refractivity contribution in [1.82, 2.24) is 4.57 Å².